The van der Waals surface area contributed by atoms with Gasteiger partial charge >= 0.3 is 0 Å². The molecule has 0 bridgehead atoms. The number of nitrogens with zero attached hydrogens (tertiary/aromatic N) is 2. The minimum atomic E-state index is -3.41. The van der Waals surface area contributed by atoms with Crippen LogP contribution in [0.5, 0.6) is 0 Å². The summed E-state index contributed by atoms with van der Waals surface area (Å²) in [6, 6.07) is 3.26. The minimum absolute atomic E-state index is 0.203. The molecule has 0 amide bonds. The minimum Gasteiger partial charge on any atom is -0.366 e. The van der Waals surface area contributed by atoms with Crippen LogP contribution in [0.3, 0.4) is 0 Å². The summed E-state index contributed by atoms with van der Waals surface area (Å²) in [5.74, 6) is 0.683. The van der Waals surface area contributed by atoms with Crippen LogP contribution in [-0.2, 0) is 10.0 Å². The summed E-state index contributed by atoms with van der Waals surface area (Å²) in [5.41, 5.74) is 1.34. The van der Waals surface area contributed by atoms with Crippen LogP contribution in [0.25, 0.3) is 0 Å². The van der Waals surface area contributed by atoms with E-state index in [1.807, 2.05) is 0 Å². The van der Waals surface area contributed by atoms with Gasteiger partial charge in [0.2, 0.25) is 10.0 Å². The third-order valence-electron chi connectivity index (χ3n) is 3.17. The number of nitrogens with one attached hydrogen (secondary N) is 2. The van der Waals surface area contributed by atoms with E-state index in [0.717, 1.165) is 26.1 Å². The Morgan fingerprint density at radius 3 is 2.75 bits per heavy atom. The number of aromatic nitrogens is 1. The Bertz CT molecular complexity index is 579. The number of sulfonamides is 1. The number of hydrogen-bond donors (Lipinski definition) is 2. The van der Waals surface area contributed by atoms with Crippen molar-refractivity contribution >= 4 is 15.8 Å². The van der Waals surface area contributed by atoms with Gasteiger partial charge in [-0.25, -0.2) is 17.7 Å². The first-order valence-corrected chi connectivity index (χ1v) is 7.95. The smallest absolute Gasteiger partial charge is 0.244 e. The molecule has 7 heteroatoms. The first kappa shape index (κ1) is 15.0. The first-order valence-electron chi connectivity index (χ1n) is 6.51. The fraction of sp³-hybridized carbons (Fsp3) is 0.462. The van der Waals surface area contributed by atoms with Gasteiger partial charge in [-0.1, -0.05) is 11.6 Å². The lowest BCUT2D eigenvalue weighted by Gasteiger charge is -2.15. The molecular weight excluding hydrogens is 276 g/mol. The van der Waals surface area contributed by atoms with Crippen molar-refractivity contribution in [3.63, 3.8) is 0 Å². The molecule has 1 aromatic rings. The number of hydrogen-bond acceptors (Lipinski definition) is 5. The van der Waals surface area contributed by atoms with Gasteiger partial charge in [0.1, 0.15) is 10.7 Å². The Morgan fingerprint density at radius 2 is 2.20 bits per heavy atom. The Labute approximate surface area is 119 Å². The van der Waals surface area contributed by atoms with E-state index in [1.165, 1.54) is 30.2 Å². The van der Waals surface area contributed by atoms with Gasteiger partial charge in [0.05, 0.1) is 0 Å². The summed E-state index contributed by atoms with van der Waals surface area (Å²) in [5, 5.41) is 6.46. The lowest BCUT2D eigenvalue weighted by Crippen LogP contribution is -2.23. The van der Waals surface area contributed by atoms with Gasteiger partial charge in [0.25, 0.3) is 0 Å². The van der Waals surface area contributed by atoms with Crippen molar-refractivity contribution in [1.82, 2.24) is 14.6 Å². The summed E-state index contributed by atoms with van der Waals surface area (Å²) in [6.45, 7) is 2.65. The SMILES string of the molecule is CN(C)S(=O)(=O)c1ccc(NCC2=CCNCC2)nc1. The summed E-state index contributed by atoms with van der Waals surface area (Å²) in [6.07, 6.45) is 4.58. The second-order valence-corrected chi connectivity index (χ2v) is 6.99. The molecule has 0 saturated heterocycles. The number of rotatable bonds is 5. The van der Waals surface area contributed by atoms with Gasteiger partial charge in [-0.15, -0.1) is 0 Å². The third-order valence-corrected chi connectivity index (χ3v) is 4.97. The summed E-state index contributed by atoms with van der Waals surface area (Å²) in [7, 11) is -0.396. The topological polar surface area (TPSA) is 74.3 Å². The molecule has 2 heterocycles. The molecule has 20 heavy (non-hydrogen) atoms. The van der Waals surface area contributed by atoms with E-state index in [4.69, 9.17) is 0 Å². The van der Waals surface area contributed by atoms with Crippen LogP contribution >= 0.6 is 0 Å². The normalized spacial score (nSPS) is 16.1. The Kier molecular flexibility index (Phi) is 4.74. The van der Waals surface area contributed by atoms with Crippen molar-refractivity contribution < 1.29 is 8.42 Å². The number of pyridine rings is 1. The lowest BCUT2D eigenvalue weighted by molar-refractivity contribution is 0.520. The highest BCUT2D eigenvalue weighted by molar-refractivity contribution is 7.89. The average Bonchev–Trinajstić information content (AvgIpc) is 2.46. The zero-order valence-electron chi connectivity index (χ0n) is 11.8. The maximum atomic E-state index is 11.9. The van der Waals surface area contributed by atoms with Crippen molar-refractivity contribution in [2.75, 3.05) is 39.0 Å². The molecule has 0 spiro atoms. The zero-order valence-corrected chi connectivity index (χ0v) is 12.6. The largest absolute Gasteiger partial charge is 0.366 e. The fourth-order valence-electron chi connectivity index (χ4n) is 1.88. The summed E-state index contributed by atoms with van der Waals surface area (Å²) in [4.78, 5) is 4.35. The molecule has 6 nitrogen and oxygen atoms in total. The van der Waals surface area contributed by atoms with Crippen molar-refractivity contribution in [3.8, 4) is 0 Å². The van der Waals surface area contributed by atoms with Crippen LogP contribution < -0.4 is 10.6 Å². The maximum absolute atomic E-state index is 11.9. The highest BCUT2D eigenvalue weighted by Crippen LogP contribution is 2.14. The Hall–Kier alpha value is -1.44. The average molecular weight is 296 g/mol. The van der Waals surface area contributed by atoms with E-state index < -0.39 is 10.0 Å². The van der Waals surface area contributed by atoms with Crippen LogP contribution in [0, 0.1) is 0 Å². The van der Waals surface area contributed by atoms with Crippen LogP contribution in [0.2, 0.25) is 0 Å². The predicted octanol–water partition coefficient (Wildman–Crippen LogP) is 0.663. The van der Waals surface area contributed by atoms with Crippen molar-refractivity contribution in [2.24, 2.45) is 0 Å². The molecule has 0 atom stereocenters. The first-order chi connectivity index (χ1) is 9.50. The van der Waals surface area contributed by atoms with Crippen LogP contribution in [0.15, 0.2) is 34.9 Å². The third kappa shape index (κ3) is 3.56. The molecular formula is C13H20N4O2S. The summed E-state index contributed by atoms with van der Waals surface area (Å²) < 4.78 is 25.0. The standard InChI is InChI=1S/C13H20N4O2S/c1-17(2)20(18,19)12-3-4-13(16-10-12)15-9-11-5-7-14-8-6-11/h3-5,10,14H,6-9H2,1-2H3,(H,15,16). The molecule has 110 valence electrons. The van der Waals surface area contributed by atoms with Crippen molar-refractivity contribution in [2.45, 2.75) is 11.3 Å². The van der Waals surface area contributed by atoms with E-state index in [-0.39, 0.29) is 4.90 Å². The number of anilines is 1. The molecule has 1 aliphatic rings. The molecule has 0 aromatic carbocycles. The monoisotopic (exact) mass is 296 g/mol. The summed E-state index contributed by atoms with van der Waals surface area (Å²) >= 11 is 0. The molecule has 0 fully saturated rings. The molecule has 1 aromatic heterocycles. The van der Waals surface area contributed by atoms with Crippen molar-refractivity contribution in [3.05, 3.63) is 30.0 Å². The lowest BCUT2D eigenvalue weighted by atomic mass is 10.1. The predicted molar refractivity (Wildman–Crippen MR) is 79.2 cm³/mol. The van der Waals surface area contributed by atoms with Gasteiger partial charge in [0.15, 0.2) is 0 Å². The van der Waals surface area contributed by atoms with Crippen LogP contribution in [-0.4, -0.2) is 51.4 Å². The van der Waals surface area contributed by atoms with Crippen LogP contribution in [0.1, 0.15) is 6.42 Å². The molecule has 0 unspecified atom stereocenters. The van der Waals surface area contributed by atoms with Crippen LogP contribution in [0.4, 0.5) is 5.82 Å². The molecule has 0 saturated carbocycles. The van der Waals surface area contributed by atoms with Gasteiger partial charge < -0.3 is 10.6 Å². The second kappa shape index (κ2) is 6.34. The molecule has 0 radical (unpaired) electrons. The van der Waals surface area contributed by atoms with E-state index in [1.54, 1.807) is 12.1 Å². The molecule has 2 rings (SSSR count). The highest BCUT2D eigenvalue weighted by atomic mass is 32.2. The van der Waals surface area contributed by atoms with Crippen molar-refractivity contribution in [1.29, 1.82) is 0 Å². The molecule has 1 aliphatic heterocycles. The van der Waals surface area contributed by atoms with E-state index in [2.05, 4.69) is 21.7 Å². The van der Waals surface area contributed by atoms with Gasteiger partial charge in [-0.3, -0.25) is 0 Å². The zero-order chi connectivity index (χ0) is 14.6. The Balaban J connectivity index is 2.00. The highest BCUT2D eigenvalue weighted by Gasteiger charge is 2.17. The molecule has 2 N–H and O–H groups in total. The van der Waals surface area contributed by atoms with E-state index >= 15 is 0 Å². The fourth-order valence-corrected chi connectivity index (χ4v) is 2.73. The quantitative estimate of drug-likeness (QED) is 0.781. The Morgan fingerprint density at radius 1 is 1.40 bits per heavy atom. The van der Waals surface area contributed by atoms with Gasteiger partial charge in [0, 0.05) is 33.4 Å². The van der Waals surface area contributed by atoms with E-state index in [0.29, 0.717) is 5.82 Å². The molecule has 0 aliphatic carbocycles. The maximum Gasteiger partial charge on any atom is 0.244 e. The van der Waals surface area contributed by atoms with Gasteiger partial charge in [-0.05, 0) is 25.1 Å². The van der Waals surface area contributed by atoms with Gasteiger partial charge in [-0.2, -0.15) is 0 Å². The van der Waals surface area contributed by atoms with E-state index in [9.17, 15) is 8.42 Å². The second-order valence-electron chi connectivity index (χ2n) is 4.84.